The fourth-order valence-electron chi connectivity index (χ4n) is 2.14. The topological polar surface area (TPSA) is 124 Å². The average molecular weight is 428 g/mol. The molecule has 0 atom stereocenters. The summed E-state index contributed by atoms with van der Waals surface area (Å²) in [4.78, 5) is 21.3. The molecular formula is C15H14BrN3O5S. The summed E-state index contributed by atoms with van der Waals surface area (Å²) in [7, 11) is -4.17. The van der Waals surface area contributed by atoms with Crippen LogP contribution in [0, 0.1) is 10.1 Å². The van der Waals surface area contributed by atoms with Crippen LogP contribution < -0.4 is 5.73 Å². The van der Waals surface area contributed by atoms with Gasteiger partial charge in [0, 0.05) is 23.2 Å². The van der Waals surface area contributed by atoms with E-state index in [1.54, 1.807) is 30.3 Å². The maximum absolute atomic E-state index is 12.9. The molecule has 10 heteroatoms. The Morgan fingerprint density at radius 2 is 1.84 bits per heavy atom. The lowest BCUT2D eigenvalue weighted by Crippen LogP contribution is -2.38. The van der Waals surface area contributed by atoms with Gasteiger partial charge in [0.15, 0.2) is 0 Å². The van der Waals surface area contributed by atoms with Crippen molar-refractivity contribution in [2.24, 2.45) is 5.73 Å². The summed E-state index contributed by atoms with van der Waals surface area (Å²) in [5, 5.41) is 11.0. The van der Waals surface area contributed by atoms with Gasteiger partial charge >= 0.3 is 0 Å². The molecule has 0 aliphatic carbocycles. The number of primary amides is 1. The maximum Gasteiger partial charge on any atom is 0.271 e. The molecule has 0 spiro atoms. The fraction of sp³-hybridized carbons (Fsp3) is 0.133. The number of nitrogens with zero attached hydrogens (tertiary/aromatic N) is 2. The van der Waals surface area contributed by atoms with Crippen molar-refractivity contribution in [2.45, 2.75) is 11.4 Å². The number of nitro groups is 1. The molecule has 0 radical (unpaired) electrons. The Bertz CT molecular complexity index is 903. The number of non-ortho nitro benzene ring substituents is 1. The molecule has 0 unspecified atom stereocenters. The number of hydrogen-bond donors (Lipinski definition) is 1. The Hall–Kier alpha value is -2.30. The second kappa shape index (κ2) is 7.72. The number of nitro benzene ring substituents is 1. The van der Waals surface area contributed by atoms with E-state index in [9.17, 15) is 23.3 Å². The number of halogens is 1. The summed E-state index contributed by atoms with van der Waals surface area (Å²) in [6, 6.07) is 12.0. The zero-order valence-corrected chi connectivity index (χ0v) is 15.2. The minimum Gasteiger partial charge on any atom is -0.369 e. The number of rotatable bonds is 7. The first-order chi connectivity index (χ1) is 11.7. The minimum absolute atomic E-state index is 0.0908. The van der Waals surface area contributed by atoms with E-state index in [1.807, 2.05) is 0 Å². The summed E-state index contributed by atoms with van der Waals surface area (Å²) < 4.78 is 26.9. The third-order valence-corrected chi connectivity index (χ3v) is 5.47. The monoisotopic (exact) mass is 427 g/mol. The maximum atomic E-state index is 12.9. The van der Waals surface area contributed by atoms with Crippen LogP contribution in [0.25, 0.3) is 0 Å². The molecular weight excluding hydrogens is 414 g/mol. The first-order valence-corrected chi connectivity index (χ1v) is 9.21. The van der Waals surface area contributed by atoms with Gasteiger partial charge in [-0.2, -0.15) is 4.31 Å². The van der Waals surface area contributed by atoms with Crippen LogP contribution in [0.2, 0.25) is 0 Å². The van der Waals surface area contributed by atoms with E-state index < -0.39 is 27.4 Å². The number of nitrogens with two attached hydrogens (primary N) is 1. The van der Waals surface area contributed by atoms with Crippen molar-refractivity contribution in [1.29, 1.82) is 0 Å². The smallest absolute Gasteiger partial charge is 0.271 e. The number of amides is 1. The molecule has 2 rings (SSSR count). The van der Waals surface area contributed by atoms with Gasteiger partial charge in [-0.25, -0.2) is 8.42 Å². The summed E-state index contributed by atoms with van der Waals surface area (Å²) in [6.45, 7) is -0.635. The van der Waals surface area contributed by atoms with E-state index in [1.165, 1.54) is 12.1 Å². The van der Waals surface area contributed by atoms with Crippen molar-refractivity contribution in [3.63, 3.8) is 0 Å². The molecule has 0 saturated carbocycles. The van der Waals surface area contributed by atoms with Crippen LogP contribution in [-0.4, -0.2) is 30.1 Å². The van der Waals surface area contributed by atoms with Crippen molar-refractivity contribution < 1.29 is 18.1 Å². The van der Waals surface area contributed by atoms with Crippen LogP contribution in [0.4, 0.5) is 5.69 Å². The molecule has 0 bridgehead atoms. The molecule has 0 aliphatic rings. The average Bonchev–Trinajstić information content (AvgIpc) is 2.54. The highest BCUT2D eigenvalue weighted by Gasteiger charge is 2.28. The lowest BCUT2D eigenvalue weighted by Gasteiger charge is -2.21. The Kier molecular flexibility index (Phi) is 5.88. The Morgan fingerprint density at radius 3 is 2.40 bits per heavy atom. The first kappa shape index (κ1) is 19.0. The third-order valence-electron chi connectivity index (χ3n) is 3.24. The highest BCUT2D eigenvalue weighted by molar-refractivity contribution is 9.10. The Labute approximate surface area is 152 Å². The summed E-state index contributed by atoms with van der Waals surface area (Å²) in [5.41, 5.74) is 5.43. The second-order valence-corrected chi connectivity index (χ2v) is 7.98. The Morgan fingerprint density at radius 1 is 1.20 bits per heavy atom. The SMILES string of the molecule is NC(=O)CN(Cc1ccccc1)S(=O)(=O)c1cc(Br)cc([N+](=O)[O-])c1. The number of sulfonamides is 1. The van der Waals surface area contributed by atoms with Crippen molar-refractivity contribution >= 4 is 37.5 Å². The van der Waals surface area contributed by atoms with E-state index in [-0.39, 0.29) is 21.6 Å². The van der Waals surface area contributed by atoms with Gasteiger partial charge in [0.25, 0.3) is 5.69 Å². The van der Waals surface area contributed by atoms with E-state index in [0.717, 1.165) is 10.4 Å². The second-order valence-electron chi connectivity index (χ2n) is 5.13. The molecule has 0 saturated heterocycles. The molecule has 2 N–H and O–H groups in total. The van der Waals surface area contributed by atoms with E-state index in [4.69, 9.17) is 5.73 Å². The van der Waals surface area contributed by atoms with Crippen LogP contribution in [-0.2, 0) is 21.4 Å². The molecule has 0 aromatic heterocycles. The van der Waals surface area contributed by atoms with Crippen molar-refractivity contribution in [3.8, 4) is 0 Å². The van der Waals surface area contributed by atoms with Gasteiger partial charge in [0.2, 0.25) is 15.9 Å². The molecule has 132 valence electrons. The van der Waals surface area contributed by atoms with Crippen LogP contribution in [0.3, 0.4) is 0 Å². The molecule has 2 aromatic carbocycles. The molecule has 8 nitrogen and oxygen atoms in total. The highest BCUT2D eigenvalue weighted by atomic mass is 79.9. The van der Waals surface area contributed by atoms with Crippen LogP contribution >= 0.6 is 15.9 Å². The van der Waals surface area contributed by atoms with E-state index >= 15 is 0 Å². The normalized spacial score (nSPS) is 11.4. The summed E-state index contributed by atoms with van der Waals surface area (Å²) in [6.07, 6.45) is 0. The number of hydrogen-bond acceptors (Lipinski definition) is 5. The van der Waals surface area contributed by atoms with Crippen LogP contribution in [0.1, 0.15) is 5.56 Å². The summed E-state index contributed by atoms with van der Waals surface area (Å²) in [5.74, 6) is -0.830. The third kappa shape index (κ3) is 4.84. The lowest BCUT2D eigenvalue weighted by molar-refractivity contribution is -0.385. The lowest BCUT2D eigenvalue weighted by atomic mass is 10.2. The standard InChI is InChI=1S/C15H14BrN3O5S/c16-12-6-13(19(21)22)8-14(7-12)25(23,24)18(10-15(17)20)9-11-4-2-1-3-5-11/h1-8H,9-10H2,(H2,17,20). The molecule has 2 aromatic rings. The van der Waals surface area contributed by atoms with Gasteiger partial charge in [-0.05, 0) is 11.6 Å². The van der Waals surface area contributed by atoms with E-state index in [2.05, 4.69) is 15.9 Å². The first-order valence-electron chi connectivity index (χ1n) is 6.97. The largest absolute Gasteiger partial charge is 0.369 e. The zero-order valence-electron chi connectivity index (χ0n) is 12.8. The number of carbonyl (C=O) groups excluding carboxylic acids is 1. The van der Waals surface area contributed by atoms with Gasteiger partial charge < -0.3 is 5.73 Å². The highest BCUT2D eigenvalue weighted by Crippen LogP contribution is 2.27. The molecule has 0 fully saturated rings. The number of carbonyl (C=O) groups is 1. The minimum atomic E-state index is -4.17. The van der Waals surface area contributed by atoms with Crippen molar-refractivity contribution in [3.05, 3.63) is 68.7 Å². The van der Waals surface area contributed by atoms with E-state index in [0.29, 0.717) is 5.56 Å². The number of benzene rings is 2. The van der Waals surface area contributed by atoms with Gasteiger partial charge in [-0.15, -0.1) is 0 Å². The Balaban J connectivity index is 2.47. The predicted octanol–water partition coefficient (Wildman–Crippen LogP) is 2.03. The summed E-state index contributed by atoms with van der Waals surface area (Å²) >= 11 is 3.06. The van der Waals surface area contributed by atoms with Crippen molar-refractivity contribution in [1.82, 2.24) is 4.31 Å². The van der Waals surface area contributed by atoms with Gasteiger partial charge in [-0.1, -0.05) is 46.3 Å². The molecule has 0 aliphatic heterocycles. The van der Waals surface area contributed by atoms with Gasteiger partial charge in [0.05, 0.1) is 16.4 Å². The quantitative estimate of drug-likeness (QED) is 0.534. The molecule has 1 amide bonds. The van der Waals surface area contributed by atoms with Crippen molar-refractivity contribution in [2.75, 3.05) is 6.54 Å². The molecule has 25 heavy (non-hydrogen) atoms. The van der Waals surface area contributed by atoms with Gasteiger partial charge in [0.1, 0.15) is 0 Å². The fourth-order valence-corrected chi connectivity index (χ4v) is 4.23. The van der Waals surface area contributed by atoms with Crippen LogP contribution in [0.15, 0.2) is 57.9 Å². The van der Waals surface area contributed by atoms with Crippen LogP contribution in [0.5, 0.6) is 0 Å². The van der Waals surface area contributed by atoms with Gasteiger partial charge in [-0.3, -0.25) is 14.9 Å². The predicted molar refractivity (Wildman–Crippen MR) is 94.0 cm³/mol. The zero-order chi connectivity index (χ0) is 18.6. The molecule has 0 heterocycles.